The Labute approximate surface area is 210 Å². The van der Waals surface area contributed by atoms with Gasteiger partial charge in [0.05, 0.1) is 23.9 Å². The first-order valence-electron chi connectivity index (χ1n) is 12.4. The molecule has 1 aliphatic rings. The largest absolute Gasteiger partial charge is 0.477 e. The van der Waals surface area contributed by atoms with E-state index in [0.29, 0.717) is 29.4 Å². The monoisotopic (exact) mass is 512 g/mol. The lowest BCUT2D eigenvalue weighted by Crippen LogP contribution is -2.26. The lowest BCUT2D eigenvalue weighted by atomic mass is 10.2. The van der Waals surface area contributed by atoms with Gasteiger partial charge in [-0.3, -0.25) is 0 Å². The minimum atomic E-state index is -3.02. The third kappa shape index (κ3) is 5.62. The number of hydrogen-bond donors (Lipinski definition) is 0. The van der Waals surface area contributed by atoms with Crippen molar-refractivity contribution in [3.05, 3.63) is 36.7 Å². The number of furan rings is 1. The SMILES string of the molecule is CN(CCCN1CCCC1)c1nccc2oc(-c3cnc4ccc(OCCCS(C)(=O)=O)nn34)cc12. The van der Waals surface area contributed by atoms with Crippen molar-refractivity contribution in [2.24, 2.45) is 0 Å². The zero-order valence-corrected chi connectivity index (χ0v) is 21.6. The molecule has 0 spiro atoms. The lowest BCUT2D eigenvalue weighted by Gasteiger charge is -2.21. The molecule has 5 heterocycles. The van der Waals surface area contributed by atoms with Gasteiger partial charge < -0.3 is 19.0 Å². The van der Waals surface area contributed by atoms with Crippen LogP contribution in [0.3, 0.4) is 0 Å². The Morgan fingerprint density at radius 3 is 2.78 bits per heavy atom. The van der Waals surface area contributed by atoms with E-state index in [1.807, 2.05) is 18.2 Å². The standard InChI is InChI=1S/C25H32N6O4S/c1-29(11-5-14-30-12-3-4-13-30)25-19-17-22(35-21(19)9-10-26-25)20-18-27-23-7-8-24(28-31(20)23)34-15-6-16-36(2,32)33/h7-10,17-18H,3-6,11-16H2,1-2H3. The van der Waals surface area contributed by atoms with Gasteiger partial charge >= 0.3 is 0 Å². The number of hydrogen-bond acceptors (Lipinski definition) is 9. The van der Waals surface area contributed by atoms with Crippen LogP contribution in [-0.2, 0) is 9.84 Å². The topological polar surface area (TPSA) is 106 Å². The second-order valence-electron chi connectivity index (χ2n) is 9.40. The number of pyridine rings is 1. The fraction of sp³-hybridized carbons (Fsp3) is 0.480. The Morgan fingerprint density at radius 2 is 1.97 bits per heavy atom. The van der Waals surface area contributed by atoms with Gasteiger partial charge in [-0.15, -0.1) is 5.10 Å². The van der Waals surface area contributed by atoms with E-state index in [4.69, 9.17) is 9.15 Å². The molecular formula is C25H32N6O4S. The minimum Gasteiger partial charge on any atom is -0.477 e. The summed E-state index contributed by atoms with van der Waals surface area (Å²) in [5.41, 5.74) is 2.11. The van der Waals surface area contributed by atoms with Crippen molar-refractivity contribution in [1.29, 1.82) is 0 Å². The highest BCUT2D eigenvalue weighted by Crippen LogP contribution is 2.32. The fourth-order valence-electron chi connectivity index (χ4n) is 4.62. The predicted molar refractivity (Wildman–Crippen MR) is 139 cm³/mol. The van der Waals surface area contributed by atoms with Crippen LogP contribution < -0.4 is 9.64 Å². The van der Waals surface area contributed by atoms with Crippen molar-refractivity contribution in [3.63, 3.8) is 0 Å². The molecule has 1 fully saturated rings. The molecule has 11 heteroatoms. The Balaban J connectivity index is 1.33. The maximum absolute atomic E-state index is 11.3. The van der Waals surface area contributed by atoms with E-state index in [1.165, 1.54) is 32.2 Å². The van der Waals surface area contributed by atoms with Crippen LogP contribution in [0.4, 0.5) is 5.82 Å². The van der Waals surface area contributed by atoms with Gasteiger partial charge in [-0.05, 0) is 63.5 Å². The summed E-state index contributed by atoms with van der Waals surface area (Å²) >= 11 is 0. The van der Waals surface area contributed by atoms with Gasteiger partial charge in [-0.2, -0.15) is 0 Å². The van der Waals surface area contributed by atoms with Crippen molar-refractivity contribution in [2.75, 3.05) is 56.7 Å². The van der Waals surface area contributed by atoms with Gasteiger partial charge in [-0.25, -0.2) is 22.9 Å². The third-order valence-electron chi connectivity index (χ3n) is 6.45. The van der Waals surface area contributed by atoms with Gasteiger partial charge in [-0.1, -0.05) is 0 Å². The highest BCUT2D eigenvalue weighted by molar-refractivity contribution is 7.90. The normalized spacial score (nSPS) is 14.7. The molecule has 0 amide bonds. The quantitative estimate of drug-likeness (QED) is 0.280. The number of rotatable bonds is 11. The van der Waals surface area contributed by atoms with Crippen LogP contribution in [0.2, 0.25) is 0 Å². The van der Waals surface area contributed by atoms with Gasteiger partial charge in [0.1, 0.15) is 26.9 Å². The second kappa shape index (κ2) is 10.4. The first-order chi connectivity index (χ1) is 17.4. The van der Waals surface area contributed by atoms with Crippen LogP contribution in [0.5, 0.6) is 5.88 Å². The molecule has 1 aliphatic heterocycles. The van der Waals surface area contributed by atoms with E-state index in [2.05, 4.69) is 31.9 Å². The summed E-state index contributed by atoms with van der Waals surface area (Å²) in [6.07, 6.45) is 8.82. The van der Waals surface area contributed by atoms with Gasteiger partial charge in [0.15, 0.2) is 11.4 Å². The summed E-state index contributed by atoms with van der Waals surface area (Å²) in [4.78, 5) is 13.8. The van der Waals surface area contributed by atoms with E-state index in [1.54, 1.807) is 23.0 Å². The number of aromatic nitrogens is 4. The molecule has 0 saturated carbocycles. The van der Waals surface area contributed by atoms with Crippen LogP contribution >= 0.6 is 0 Å². The molecule has 5 rings (SSSR count). The highest BCUT2D eigenvalue weighted by Gasteiger charge is 2.18. The highest BCUT2D eigenvalue weighted by atomic mass is 32.2. The number of imidazole rings is 1. The molecule has 0 unspecified atom stereocenters. The third-order valence-corrected chi connectivity index (χ3v) is 7.48. The number of sulfone groups is 1. The van der Waals surface area contributed by atoms with Gasteiger partial charge in [0.2, 0.25) is 5.88 Å². The Hall–Kier alpha value is -3.18. The van der Waals surface area contributed by atoms with E-state index < -0.39 is 9.84 Å². The summed E-state index contributed by atoms with van der Waals surface area (Å²) < 4.78 is 36.2. The summed E-state index contributed by atoms with van der Waals surface area (Å²) in [7, 11) is -0.947. The van der Waals surface area contributed by atoms with Crippen LogP contribution in [0, 0.1) is 0 Å². The fourth-order valence-corrected chi connectivity index (χ4v) is 5.26. The number of likely N-dealkylation sites (tertiary alicyclic amines) is 1. The average Bonchev–Trinajstić information content (AvgIpc) is 3.59. The number of ether oxygens (including phenoxy) is 1. The maximum atomic E-state index is 11.3. The molecule has 36 heavy (non-hydrogen) atoms. The summed E-state index contributed by atoms with van der Waals surface area (Å²) in [5.74, 6) is 2.00. The second-order valence-corrected chi connectivity index (χ2v) is 11.7. The smallest absolute Gasteiger partial charge is 0.231 e. The molecule has 10 nitrogen and oxygen atoms in total. The summed E-state index contributed by atoms with van der Waals surface area (Å²) in [5, 5.41) is 5.49. The molecule has 0 N–H and O–H groups in total. The Kier molecular flexibility index (Phi) is 7.10. The van der Waals surface area contributed by atoms with Crippen molar-refractivity contribution in [2.45, 2.75) is 25.7 Å². The van der Waals surface area contributed by atoms with Gasteiger partial charge in [0, 0.05) is 32.1 Å². The van der Waals surface area contributed by atoms with Crippen LogP contribution in [0.25, 0.3) is 28.1 Å². The average molecular weight is 513 g/mol. The summed E-state index contributed by atoms with van der Waals surface area (Å²) in [6.45, 7) is 4.72. The Bertz CT molecular complexity index is 1440. The molecule has 0 bridgehead atoms. The number of nitrogens with zero attached hydrogens (tertiary/aromatic N) is 6. The van der Waals surface area contributed by atoms with Crippen molar-refractivity contribution in [3.8, 4) is 17.3 Å². The predicted octanol–water partition coefficient (Wildman–Crippen LogP) is 3.27. The number of fused-ring (bicyclic) bond motifs is 2. The first kappa shape index (κ1) is 24.5. The minimum absolute atomic E-state index is 0.0770. The molecule has 0 aromatic carbocycles. The molecular weight excluding hydrogens is 480 g/mol. The summed E-state index contributed by atoms with van der Waals surface area (Å²) in [6, 6.07) is 7.39. The van der Waals surface area contributed by atoms with Crippen LogP contribution in [0.15, 0.2) is 41.1 Å². The molecule has 4 aromatic rings. The molecule has 0 atom stereocenters. The first-order valence-corrected chi connectivity index (χ1v) is 14.4. The number of anilines is 1. The van der Waals surface area contributed by atoms with E-state index >= 15 is 0 Å². The zero-order chi connectivity index (χ0) is 25.1. The van der Waals surface area contributed by atoms with Crippen molar-refractivity contribution >= 4 is 32.3 Å². The molecule has 192 valence electrons. The molecule has 0 radical (unpaired) electrons. The van der Waals surface area contributed by atoms with E-state index in [0.717, 1.165) is 36.3 Å². The van der Waals surface area contributed by atoms with Crippen molar-refractivity contribution < 1.29 is 17.6 Å². The Morgan fingerprint density at radius 1 is 1.14 bits per heavy atom. The maximum Gasteiger partial charge on any atom is 0.231 e. The lowest BCUT2D eigenvalue weighted by molar-refractivity contribution is 0.301. The molecule has 1 saturated heterocycles. The van der Waals surface area contributed by atoms with Crippen molar-refractivity contribution in [1.82, 2.24) is 24.5 Å². The van der Waals surface area contributed by atoms with Crippen LogP contribution in [0.1, 0.15) is 25.7 Å². The van der Waals surface area contributed by atoms with E-state index in [9.17, 15) is 8.42 Å². The van der Waals surface area contributed by atoms with Gasteiger partial charge in [0.25, 0.3) is 0 Å². The zero-order valence-electron chi connectivity index (χ0n) is 20.8. The van der Waals surface area contributed by atoms with E-state index in [-0.39, 0.29) is 12.4 Å². The molecule has 0 aliphatic carbocycles. The van der Waals surface area contributed by atoms with Crippen LogP contribution in [-0.4, -0.2) is 84.7 Å². The molecule has 4 aromatic heterocycles.